The number of nitrogens with zero attached hydrogens (tertiary/aromatic N) is 2. The van der Waals surface area contributed by atoms with Gasteiger partial charge in [0.1, 0.15) is 0 Å². The van der Waals surface area contributed by atoms with Gasteiger partial charge in [-0.1, -0.05) is 31.2 Å². The first kappa shape index (κ1) is 15.5. The van der Waals surface area contributed by atoms with Crippen LogP contribution in [0.5, 0.6) is 0 Å². The molecule has 4 heteroatoms. The predicted molar refractivity (Wildman–Crippen MR) is 88.6 cm³/mol. The first-order valence-corrected chi connectivity index (χ1v) is 8.45. The first-order chi connectivity index (χ1) is 10.7. The molecule has 0 saturated carbocycles. The molecular formula is C18H27N3O. The molecule has 2 heterocycles. The average Bonchev–Trinajstić information content (AvgIpc) is 3.02. The molecule has 120 valence electrons. The van der Waals surface area contributed by atoms with Gasteiger partial charge in [0.2, 0.25) is 5.91 Å². The van der Waals surface area contributed by atoms with Gasteiger partial charge in [0.25, 0.3) is 0 Å². The minimum Gasteiger partial charge on any atom is -0.341 e. The number of carbonyl (C=O) groups excluding carboxylic acids is 1. The number of carbonyl (C=O) groups is 1. The molecule has 1 N–H and O–H groups in total. The minimum atomic E-state index is -0.0439. The van der Waals surface area contributed by atoms with Crippen LogP contribution in [0.1, 0.15) is 24.5 Å². The Morgan fingerprint density at radius 2 is 2.14 bits per heavy atom. The van der Waals surface area contributed by atoms with Gasteiger partial charge in [0, 0.05) is 26.2 Å². The molecule has 2 atom stereocenters. The van der Waals surface area contributed by atoms with Crippen LogP contribution in [0.15, 0.2) is 24.3 Å². The number of benzene rings is 1. The summed E-state index contributed by atoms with van der Waals surface area (Å²) < 4.78 is 0. The predicted octanol–water partition coefficient (Wildman–Crippen LogP) is 1.50. The summed E-state index contributed by atoms with van der Waals surface area (Å²) in [5.74, 6) is 0.918. The van der Waals surface area contributed by atoms with Gasteiger partial charge in [0.05, 0.1) is 6.04 Å². The second-order valence-electron chi connectivity index (χ2n) is 6.70. The van der Waals surface area contributed by atoms with Gasteiger partial charge in [0.15, 0.2) is 0 Å². The molecule has 1 aromatic carbocycles. The number of nitrogens with one attached hydrogen (secondary N) is 1. The molecule has 1 saturated heterocycles. The lowest BCUT2D eigenvalue weighted by atomic mass is 9.95. The molecule has 2 aliphatic heterocycles. The molecule has 0 unspecified atom stereocenters. The van der Waals surface area contributed by atoms with Crippen molar-refractivity contribution in [2.45, 2.75) is 32.4 Å². The zero-order valence-corrected chi connectivity index (χ0v) is 13.7. The van der Waals surface area contributed by atoms with Crippen molar-refractivity contribution < 1.29 is 4.79 Å². The van der Waals surface area contributed by atoms with E-state index in [-0.39, 0.29) is 11.9 Å². The van der Waals surface area contributed by atoms with Crippen LogP contribution in [0.2, 0.25) is 0 Å². The number of amides is 1. The van der Waals surface area contributed by atoms with Crippen molar-refractivity contribution in [1.82, 2.24) is 15.1 Å². The van der Waals surface area contributed by atoms with E-state index in [0.717, 1.165) is 45.6 Å². The Balaban J connectivity index is 1.57. The number of hydrogen-bond donors (Lipinski definition) is 1. The van der Waals surface area contributed by atoms with Crippen molar-refractivity contribution in [3.05, 3.63) is 35.4 Å². The molecule has 0 spiro atoms. The highest BCUT2D eigenvalue weighted by atomic mass is 16.2. The Bertz CT molecular complexity index is 531. The molecular weight excluding hydrogens is 274 g/mol. The van der Waals surface area contributed by atoms with E-state index in [1.165, 1.54) is 11.1 Å². The smallest absolute Gasteiger partial charge is 0.240 e. The Morgan fingerprint density at radius 3 is 2.91 bits per heavy atom. The summed E-state index contributed by atoms with van der Waals surface area (Å²) in [4.78, 5) is 17.2. The number of likely N-dealkylation sites (tertiary alicyclic amines) is 1. The van der Waals surface area contributed by atoms with Gasteiger partial charge in [-0.15, -0.1) is 0 Å². The van der Waals surface area contributed by atoms with Crippen LogP contribution in [0.4, 0.5) is 0 Å². The number of hydrogen-bond acceptors (Lipinski definition) is 3. The summed E-state index contributed by atoms with van der Waals surface area (Å²) in [5.41, 5.74) is 2.65. The number of fused-ring (bicyclic) bond motifs is 1. The highest BCUT2D eigenvalue weighted by molar-refractivity contribution is 5.82. The lowest BCUT2D eigenvalue weighted by Crippen LogP contribution is -2.49. The second kappa shape index (κ2) is 6.80. The highest BCUT2D eigenvalue weighted by Crippen LogP contribution is 2.21. The van der Waals surface area contributed by atoms with Crippen LogP contribution in [-0.4, -0.2) is 55.0 Å². The van der Waals surface area contributed by atoms with Crippen LogP contribution in [-0.2, 0) is 17.8 Å². The normalized spacial score (nSPS) is 24.6. The van der Waals surface area contributed by atoms with Crippen molar-refractivity contribution >= 4 is 5.91 Å². The quantitative estimate of drug-likeness (QED) is 0.915. The summed E-state index contributed by atoms with van der Waals surface area (Å²) >= 11 is 0. The molecule has 22 heavy (non-hydrogen) atoms. The van der Waals surface area contributed by atoms with E-state index in [0.29, 0.717) is 5.92 Å². The number of rotatable bonds is 4. The van der Waals surface area contributed by atoms with Gasteiger partial charge < -0.3 is 15.1 Å². The Hall–Kier alpha value is -1.39. The lowest BCUT2D eigenvalue weighted by Gasteiger charge is -2.29. The summed E-state index contributed by atoms with van der Waals surface area (Å²) in [5, 5.41) is 3.42. The molecule has 0 aliphatic carbocycles. The molecule has 1 aromatic rings. The molecule has 1 amide bonds. The van der Waals surface area contributed by atoms with Gasteiger partial charge in [-0.3, -0.25) is 4.79 Å². The zero-order chi connectivity index (χ0) is 15.5. The van der Waals surface area contributed by atoms with E-state index in [4.69, 9.17) is 0 Å². The zero-order valence-electron chi connectivity index (χ0n) is 13.7. The summed E-state index contributed by atoms with van der Waals surface area (Å²) in [6.07, 6.45) is 1.96. The summed E-state index contributed by atoms with van der Waals surface area (Å²) in [6.45, 7) is 7.00. The van der Waals surface area contributed by atoms with Gasteiger partial charge >= 0.3 is 0 Å². The Kier molecular flexibility index (Phi) is 4.79. The fraction of sp³-hybridized carbons (Fsp3) is 0.611. The molecule has 1 fully saturated rings. The topological polar surface area (TPSA) is 35.6 Å². The van der Waals surface area contributed by atoms with Crippen molar-refractivity contribution in [1.29, 1.82) is 0 Å². The highest BCUT2D eigenvalue weighted by Gasteiger charge is 2.32. The van der Waals surface area contributed by atoms with Gasteiger partial charge in [-0.2, -0.15) is 0 Å². The summed E-state index contributed by atoms with van der Waals surface area (Å²) in [6, 6.07) is 8.39. The minimum absolute atomic E-state index is 0.0439. The van der Waals surface area contributed by atoms with Crippen LogP contribution in [0.3, 0.4) is 0 Å². The molecule has 2 aliphatic rings. The van der Waals surface area contributed by atoms with Crippen molar-refractivity contribution in [2.75, 3.05) is 33.2 Å². The van der Waals surface area contributed by atoms with Crippen molar-refractivity contribution in [3.63, 3.8) is 0 Å². The Morgan fingerprint density at radius 1 is 1.36 bits per heavy atom. The standard InChI is InChI=1S/C18H27N3O/c1-3-20(2)12-14-8-9-21(13-14)18(22)17-10-15-6-4-5-7-16(15)11-19-17/h4-7,14,17,19H,3,8-13H2,1-2H3/t14-,17+/m0/s1. The van der Waals surface area contributed by atoms with Crippen molar-refractivity contribution in [3.8, 4) is 0 Å². The van der Waals surface area contributed by atoms with Crippen LogP contribution < -0.4 is 5.32 Å². The van der Waals surface area contributed by atoms with E-state index >= 15 is 0 Å². The lowest BCUT2D eigenvalue weighted by molar-refractivity contribution is -0.132. The van der Waals surface area contributed by atoms with E-state index in [1.54, 1.807) is 0 Å². The van der Waals surface area contributed by atoms with E-state index in [2.05, 4.69) is 53.4 Å². The maximum absolute atomic E-state index is 12.8. The molecule has 0 radical (unpaired) electrons. The monoisotopic (exact) mass is 301 g/mol. The first-order valence-electron chi connectivity index (χ1n) is 8.45. The third kappa shape index (κ3) is 3.33. The maximum atomic E-state index is 12.8. The molecule has 4 nitrogen and oxygen atoms in total. The second-order valence-corrected chi connectivity index (χ2v) is 6.70. The third-order valence-electron chi connectivity index (χ3n) is 5.09. The van der Waals surface area contributed by atoms with E-state index in [1.807, 2.05) is 0 Å². The third-order valence-corrected chi connectivity index (χ3v) is 5.09. The fourth-order valence-corrected chi connectivity index (χ4v) is 3.60. The van der Waals surface area contributed by atoms with Crippen LogP contribution in [0, 0.1) is 5.92 Å². The van der Waals surface area contributed by atoms with Crippen LogP contribution >= 0.6 is 0 Å². The molecule has 3 rings (SSSR count). The Labute approximate surface area is 133 Å². The van der Waals surface area contributed by atoms with E-state index < -0.39 is 0 Å². The summed E-state index contributed by atoms with van der Waals surface area (Å²) in [7, 11) is 2.16. The SMILES string of the molecule is CCN(C)C[C@@H]1CCN(C(=O)[C@H]2Cc3ccccc3CN2)C1. The largest absolute Gasteiger partial charge is 0.341 e. The van der Waals surface area contributed by atoms with Crippen molar-refractivity contribution in [2.24, 2.45) is 5.92 Å². The molecule has 0 aromatic heterocycles. The maximum Gasteiger partial charge on any atom is 0.240 e. The fourth-order valence-electron chi connectivity index (χ4n) is 3.60. The van der Waals surface area contributed by atoms with Gasteiger partial charge in [-0.25, -0.2) is 0 Å². The van der Waals surface area contributed by atoms with Crippen LogP contribution in [0.25, 0.3) is 0 Å². The van der Waals surface area contributed by atoms with Gasteiger partial charge in [-0.05, 0) is 43.5 Å². The van der Waals surface area contributed by atoms with E-state index in [9.17, 15) is 4.79 Å². The average molecular weight is 301 g/mol. The molecule has 0 bridgehead atoms.